The molecular weight excluding hydrogens is 396 g/mol. The van der Waals surface area contributed by atoms with Crippen LogP contribution < -0.4 is 15.4 Å². The highest BCUT2D eigenvalue weighted by Gasteiger charge is 2.26. The fourth-order valence-corrected chi connectivity index (χ4v) is 3.84. The van der Waals surface area contributed by atoms with Gasteiger partial charge in [-0.1, -0.05) is 31.3 Å². The lowest BCUT2D eigenvalue weighted by Gasteiger charge is -2.20. The van der Waals surface area contributed by atoms with Gasteiger partial charge in [0.1, 0.15) is 16.8 Å². The van der Waals surface area contributed by atoms with Crippen LogP contribution in [-0.4, -0.2) is 35.2 Å². The van der Waals surface area contributed by atoms with Gasteiger partial charge in [-0.25, -0.2) is 0 Å². The molecule has 2 aromatic heterocycles. The molecule has 0 radical (unpaired) electrons. The van der Waals surface area contributed by atoms with Crippen LogP contribution in [0.3, 0.4) is 0 Å². The number of methoxy groups -OCH3 is 1. The average molecular weight is 417 g/mol. The smallest absolute Gasteiger partial charge is 0.262 e. The number of nitrogens with zero attached hydrogens (tertiary/aromatic N) is 2. The Balaban J connectivity index is 1.68. The number of carbonyl (C=O) groups is 2. The Kier molecular flexibility index (Phi) is 6.37. The number of hydrogen-bond donors (Lipinski definition) is 2. The SMILES string of the molecule is COc1ccc(-c2nnc(NC(=O)C(NC(=O)c3cccs3)C(C)C)s2)cc1. The molecule has 1 atom stereocenters. The molecule has 0 saturated heterocycles. The summed E-state index contributed by atoms with van der Waals surface area (Å²) in [5, 5.41) is 16.6. The largest absolute Gasteiger partial charge is 0.497 e. The Labute approximate surface area is 170 Å². The third-order valence-electron chi connectivity index (χ3n) is 3.97. The van der Waals surface area contributed by atoms with E-state index in [9.17, 15) is 9.59 Å². The predicted octanol–water partition coefficient (Wildman–Crippen LogP) is 3.67. The Bertz CT molecular complexity index is 937. The molecular formula is C19H20N4O3S2. The van der Waals surface area contributed by atoms with Gasteiger partial charge in [0.2, 0.25) is 11.0 Å². The van der Waals surface area contributed by atoms with Gasteiger partial charge in [-0.15, -0.1) is 21.5 Å². The monoisotopic (exact) mass is 416 g/mol. The van der Waals surface area contributed by atoms with E-state index in [0.717, 1.165) is 11.3 Å². The summed E-state index contributed by atoms with van der Waals surface area (Å²) >= 11 is 2.60. The van der Waals surface area contributed by atoms with Crippen LogP contribution in [0, 0.1) is 5.92 Å². The molecule has 0 spiro atoms. The van der Waals surface area contributed by atoms with Gasteiger partial charge in [0.05, 0.1) is 12.0 Å². The number of ether oxygens (including phenoxy) is 1. The van der Waals surface area contributed by atoms with Crippen molar-refractivity contribution in [2.75, 3.05) is 12.4 Å². The minimum absolute atomic E-state index is 0.0853. The van der Waals surface area contributed by atoms with Crippen molar-refractivity contribution in [2.45, 2.75) is 19.9 Å². The summed E-state index contributed by atoms with van der Waals surface area (Å²) in [6.07, 6.45) is 0. The summed E-state index contributed by atoms with van der Waals surface area (Å²) < 4.78 is 5.15. The standard InChI is InChI=1S/C19H20N4O3S2/c1-11(2)15(20-16(24)14-5-4-10-27-14)17(25)21-19-23-22-18(28-19)12-6-8-13(26-3)9-7-12/h4-11,15H,1-3H3,(H,20,24)(H,21,23,25). The molecule has 3 rings (SSSR count). The molecule has 3 aromatic rings. The van der Waals surface area contributed by atoms with Crippen molar-refractivity contribution in [3.8, 4) is 16.3 Å². The van der Waals surface area contributed by atoms with Gasteiger partial charge < -0.3 is 10.1 Å². The zero-order valence-corrected chi connectivity index (χ0v) is 17.3. The van der Waals surface area contributed by atoms with Crippen LogP contribution in [0.1, 0.15) is 23.5 Å². The molecule has 0 aliphatic carbocycles. The van der Waals surface area contributed by atoms with Crippen LogP contribution in [0.25, 0.3) is 10.6 Å². The van der Waals surface area contributed by atoms with Gasteiger partial charge in [-0.3, -0.25) is 14.9 Å². The number of carbonyl (C=O) groups excluding carboxylic acids is 2. The maximum absolute atomic E-state index is 12.7. The van der Waals surface area contributed by atoms with Gasteiger partial charge in [0, 0.05) is 5.56 Å². The highest BCUT2D eigenvalue weighted by atomic mass is 32.1. The number of benzene rings is 1. The minimum atomic E-state index is -0.678. The number of hydrogen-bond acceptors (Lipinski definition) is 7. The fourth-order valence-electron chi connectivity index (χ4n) is 2.46. The molecule has 0 saturated carbocycles. The van der Waals surface area contributed by atoms with Crippen LogP contribution >= 0.6 is 22.7 Å². The zero-order chi connectivity index (χ0) is 20.1. The predicted molar refractivity (Wildman–Crippen MR) is 111 cm³/mol. The molecule has 7 nitrogen and oxygen atoms in total. The van der Waals surface area contributed by atoms with Gasteiger partial charge in [-0.2, -0.15) is 0 Å². The average Bonchev–Trinajstić information content (AvgIpc) is 3.38. The van der Waals surface area contributed by atoms with Gasteiger partial charge in [0.25, 0.3) is 5.91 Å². The lowest BCUT2D eigenvalue weighted by molar-refractivity contribution is -0.118. The molecule has 2 heterocycles. The topological polar surface area (TPSA) is 93.2 Å². The molecule has 0 aliphatic rings. The van der Waals surface area contributed by atoms with Crippen molar-refractivity contribution in [1.29, 1.82) is 0 Å². The maximum Gasteiger partial charge on any atom is 0.262 e. The van der Waals surface area contributed by atoms with E-state index >= 15 is 0 Å². The van der Waals surface area contributed by atoms with E-state index < -0.39 is 6.04 Å². The molecule has 2 amide bonds. The molecule has 9 heteroatoms. The van der Waals surface area contributed by atoms with E-state index in [0.29, 0.717) is 15.0 Å². The van der Waals surface area contributed by atoms with E-state index in [-0.39, 0.29) is 17.7 Å². The Morgan fingerprint density at radius 2 is 1.86 bits per heavy atom. The number of thiophene rings is 1. The lowest BCUT2D eigenvalue weighted by Crippen LogP contribution is -2.46. The summed E-state index contributed by atoms with van der Waals surface area (Å²) in [6, 6.07) is 10.3. The number of aromatic nitrogens is 2. The molecule has 1 aromatic carbocycles. The molecule has 1 unspecified atom stereocenters. The highest BCUT2D eigenvalue weighted by Crippen LogP contribution is 2.28. The van der Waals surface area contributed by atoms with Gasteiger partial charge in [-0.05, 0) is 41.6 Å². The highest BCUT2D eigenvalue weighted by molar-refractivity contribution is 7.18. The first-order chi connectivity index (χ1) is 13.5. The summed E-state index contributed by atoms with van der Waals surface area (Å²) in [5.41, 5.74) is 0.880. The third-order valence-corrected chi connectivity index (χ3v) is 5.73. The minimum Gasteiger partial charge on any atom is -0.497 e. The van der Waals surface area contributed by atoms with E-state index in [1.54, 1.807) is 19.2 Å². The second-order valence-electron chi connectivity index (χ2n) is 6.30. The summed E-state index contributed by atoms with van der Waals surface area (Å²) in [6.45, 7) is 3.75. The van der Waals surface area contributed by atoms with Crippen LogP contribution in [0.5, 0.6) is 5.75 Å². The first-order valence-electron chi connectivity index (χ1n) is 8.61. The van der Waals surface area contributed by atoms with Gasteiger partial charge >= 0.3 is 0 Å². The second-order valence-corrected chi connectivity index (χ2v) is 8.23. The van der Waals surface area contributed by atoms with E-state index in [4.69, 9.17) is 4.74 Å². The molecule has 0 aliphatic heterocycles. The summed E-state index contributed by atoms with van der Waals surface area (Å²) in [5.74, 6) is 0.0818. The zero-order valence-electron chi connectivity index (χ0n) is 15.6. The second kappa shape index (κ2) is 8.94. The van der Waals surface area contributed by atoms with E-state index in [1.807, 2.05) is 43.5 Å². The number of nitrogens with one attached hydrogen (secondary N) is 2. The first kappa shape index (κ1) is 20.0. The molecule has 0 bridgehead atoms. The van der Waals surface area contributed by atoms with Crippen LogP contribution in [0.15, 0.2) is 41.8 Å². The van der Waals surface area contributed by atoms with Gasteiger partial charge in [0.15, 0.2) is 0 Å². The van der Waals surface area contributed by atoms with Crippen molar-refractivity contribution in [3.63, 3.8) is 0 Å². The lowest BCUT2D eigenvalue weighted by atomic mass is 10.0. The Morgan fingerprint density at radius 3 is 2.46 bits per heavy atom. The van der Waals surface area contributed by atoms with E-state index in [1.165, 1.54) is 22.7 Å². The quantitative estimate of drug-likeness (QED) is 0.613. The van der Waals surface area contributed by atoms with Crippen LogP contribution in [-0.2, 0) is 4.79 Å². The first-order valence-corrected chi connectivity index (χ1v) is 10.3. The third kappa shape index (κ3) is 4.73. The fraction of sp³-hybridized carbons (Fsp3) is 0.263. The number of anilines is 1. The Hall–Kier alpha value is -2.78. The van der Waals surface area contributed by atoms with Crippen LogP contribution in [0.4, 0.5) is 5.13 Å². The van der Waals surface area contributed by atoms with Crippen molar-refractivity contribution >= 4 is 39.6 Å². The van der Waals surface area contributed by atoms with E-state index in [2.05, 4.69) is 20.8 Å². The number of rotatable bonds is 7. The summed E-state index contributed by atoms with van der Waals surface area (Å²) in [7, 11) is 1.61. The molecule has 2 N–H and O–H groups in total. The Morgan fingerprint density at radius 1 is 1.11 bits per heavy atom. The van der Waals surface area contributed by atoms with Crippen LogP contribution in [0.2, 0.25) is 0 Å². The van der Waals surface area contributed by atoms with Crippen molar-refractivity contribution < 1.29 is 14.3 Å². The van der Waals surface area contributed by atoms with Crippen molar-refractivity contribution in [2.24, 2.45) is 5.92 Å². The molecule has 146 valence electrons. The van der Waals surface area contributed by atoms with Crippen molar-refractivity contribution in [1.82, 2.24) is 15.5 Å². The normalized spacial score (nSPS) is 11.9. The number of amides is 2. The maximum atomic E-state index is 12.7. The molecule has 28 heavy (non-hydrogen) atoms. The van der Waals surface area contributed by atoms with Crippen molar-refractivity contribution in [3.05, 3.63) is 46.7 Å². The summed E-state index contributed by atoms with van der Waals surface area (Å²) in [4.78, 5) is 25.6. The molecule has 0 fully saturated rings.